The summed E-state index contributed by atoms with van der Waals surface area (Å²) >= 11 is 3.24. The molecular weight excluding hydrogens is 424 g/mol. The van der Waals surface area contributed by atoms with Crippen LogP contribution in [0.3, 0.4) is 0 Å². The zero-order valence-electron chi connectivity index (χ0n) is 17.5. The second kappa shape index (κ2) is 9.94. The van der Waals surface area contributed by atoms with Gasteiger partial charge in [-0.1, -0.05) is 59.8 Å². The molecule has 1 amide bonds. The van der Waals surface area contributed by atoms with E-state index >= 15 is 0 Å². The van der Waals surface area contributed by atoms with Crippen LogP contribution in [0, 0.1) is 13.8 Å². The number of benzene rings is 2. The van der Waals surface area contributed by atoms with E-state index in [0.717, 1.165) is 27.3 Å². The Balaban J connectivity index is 1.54. The molecule has 0 saturated heterocycles. The maximum Gasteiger partial charge on any atom is 0.225 e. The van der Waals surface area contributed by atoms with Crippen LogP contribution in [0.15, 0.2) is 71.2 Å². The first-order valence-corrected chi connectivity index (χ1v) is 11.9. The molecule has 2 aromatic carbocycles. The van der Waals surface area contributed by atoms with Crippen molar-refractivity contribution in [1.29, 1.82) is 0 Å². The summed E-state index contributed by atoms with van der Waals surface area (Å²) in [5.41, 5.74) is 4.72. The van der Waals surface area contributed by atoms with Gasteiger partial charge in [-0.05, 0) is 48.6 Å². The van der Waals surface area contributed by atoms with Crippen molar-refractivity contribution in [3.63, 3.8) is 0 Å². The number of nitrogens with one attached hydrogen (secondary N) is 1. The van der Waals surface area contributed by atoms with Crippen molar-refractivity contribution in [2.24, 2.45) is 0 Å². The van der Waals surface area contributed by atoms with E-state index in [2.05, 4.69) is 77.9 Å². The van der Waals surface area contributed by atoms with Crippen LogP contribution < -0.4 is 5.32 Å². The summed E-state index contributed by atoms with van der Waals surface area (Å²) in [6.07, 6.45) is 0.380. The highest BCUT2D eigenvalue weighted by Gasteiger charge is 2.16. The van der Waals surface area contributed by atoms with Gasteiger partial charge in [0.1, 0.15) is 0 Å². The highest BCUT2D eigenvalue weighted by Crippen LogP contribution is 2.26. The van der Waals surface area contributed by atoms with Crippen LogP contribution in [-0.4, -0.2) is 20.7 Å². The van der Waals surface area contributed by atoms with Gasteiger partial charge in [-0.15, -0.1) is 21.5 Å². The molecule has 2 heterocycles. The molecule has 0 bridgehead atoms. The van der Waals surface area contributed by atoms with Crippen molar-refractivity contribution in [2.45, 2.75) is 37.7 Å². The molecule has 0 saturated carbocycles. The summed E-state index contributed by atoms with van der Waals surface area (Å²) in [7, 11) is 0. The Labute approximate surface area is 190 Å². The minimum absolute atomic E-state index is 0.0185. The van der Waals surface area contributed by atoms with Crippen molar-refractivity contribution in [1.82, 2.24) is 20.1 Å². The van der Waals surface area contributed by atoms with E-state index in [9.17, 15) is 4.79 Å². The Morgan fingerprint density at radius 1 is 1.03 bits per heavy atom. The number of aromatic nitrogens is 3. The summed E-state index contributed by atoms with van der Waals surface area (Å²) in [6, 6.07) is 20.6. The third-order valence-electron chi connectivity index (χ3n) is 4.97. The molecule has 4 aromatic rings. The van der Waals surface area contributed by atoms with Gasteiger partial charge < -0.3 is 5.32 Å². The predicted octanol–water partition coefficient (Wildman–Crippen LogP) is 5.10. The van der Waals surface area contributed by atoms with Crippen LogP contribution in [0.2, 0.25) is 0 Å². The number of aryl methyl sites for hydroxylation is 2. The first-order valence-electron chi connectivity index (χ1n) is 10.1. The van der Waals surface area contributed by atoms with Crippen LogP contribution in [0.4, 0.5) is 0 Å². The molecule has 0 unspecified atom stereocenters. The van der Waals surface area contributed by atoms with Crippen LogP contribution in [-0.2, 0) is 23.5 Å². The second-order valence-corrected chi connectivity index (χ2v) is 9.29. The van der Waals surface area contributed by atoms with Crippen LogP contribution in [0.5, 0.6) is 0 Å². The minimum Gasteiger partial charge on any atom is -0.348 e. The Bertz CT molecular complexity index is 1150. The van der Waals surface area contributed by atoms with E-state index in [4.69, 9.17) is 0 Å². The molecule has 2 aromatic heterocycles. The molecule has 0 radical (unpaired) electrons. The van der Waals surface area contributed by atoms with Crippen molar-refractivity contribution in [3.05, 3.63) is 93.4 Å². The van der Waals surface area contributed by atoms with E-state index in [1.807, 2.05) is 22.1 Å². The lowest BCUT2D eigenvalue weighted by Crippen LogP contribution is -2.26. The zero-order chi connectivity index (χ0) is 21.6. The maximum atomic E-state index is 12.4. The molecule has 31 heavy (non-hydrogen) atoms. The lowest BCUT2D eigenvalue weighted by atomic mass is 10.1. The third kappa shape index (κ3) is 5.42. The molecule has 4 rings (SSSR count). The number of rotatable bonds is 8. The van der Waals surface area contributed by atoms with Crippen LogP contribution in [0.25, 0.3) is 5.69 Å². The highest BCUT2D eigenvalue weighted by molar-refractivity contribution is 7.98. The van der Waals surface area contributed by atoms with Gasteiger partial charge in [-0.25, -0.2) is 0 Å². The molecule has 7 heteroatoms. The van der Waals surface area contributed by atoms with E-state index in [1.54, 1.807) is 23.1 Å². The smallest absolute Gasteiger partial charge is 0.225 e. The van der Waals surface area contributed by atoms with Crippen molar-refractivity contribution in [2.75, 3.05) is 0 Å². The minimum atomic E-state index is -0.0185. The molecule has 158 valence electrons. The normalized spacial score (nSPS) is 10.9. The van der Waals surface area contributed by atoms with Gasteiger partial charge in [0.05, 0.1) is 13.0 Å². The number of carbonyl (C=O) groups is 1. The van der Waals surface area contributed by atoms with E-state index in [1.165, 1.54) is 16.7 Å². The highest BCUT2D eigenvalue weighted by atomic mass is 32.2. The number of carbonyl (C=O) groups excluding carboxylic acids is 1. The van der Waals surface area contributed by atoms with E-state index in [0.29, 0.717) is 13.0 Å². The molecule has 1 N–H and O–H groups in total. The molecule has 0 spiro atoms. The summed E-state index contributed by atoms with van der Waals surface area (Å²) in [6.45, 7) is 4.51. The average Bonchev–Trinajstić information content (AvgIpc) is 3.42. The maximum absolute atomic E-state index is 12.4. The average molecular weight is 449 g/mol. The quantitative estimate of drug-likeness (QED) is 0.381. The number of hydrogen-bond acceptors (Lipinski definition) is 5. The lowest BCUT2D eigenvalue weighted by molar-refractivity contribution is -0.120. The van der Waals surface area contributed by atoms with Gasteiger partial charge in [0.25, 0.3) is 0 Å². The van der Waals surface area contributed by atoms with Gasteiger partial charge in [0, 0.05) is 16.3 Å². The van der Waals surface area contributed by atoms with E-state index in [-0.39, 0.29) is 5.91 Å². The largest absolute Gasteiger partial charge is 0.348 e. The zero-order valence-corrected chi connectivity index (χ0v) is 19.2. The number of thiophene rings is 1. The standard InChI is InChI=1S/C24H24N4OS2/c1-17-9-11-20(12-10-17)28-22(15-25-23(29)14-21-8-5-13-30-21)26-27-24(28)31-16-19-7-4-3-6-18(19)2/h3-13H,14-16H2,1-2H3,(H,25,29). The fraction of sp³-hybridized carbons (Fsp3) is 0.208. The SMILES string of the molecule is Cc1ccc(-n2c(CNC(=O)Cc3cccs3)nnc2SCc2ccccc2C)cc1. The summed E-state index contributed by atoms with van der Waals surface area (Å²) in [5.74, 6) is 1.51. The number of thioether (sulfide) groups is 1. The Hall–Kier alpha value is -2.90. The molecule has 5 nitrogen and oxygen atoms in total. The van der Waals surface area contributed by atoms with Gasteiger partial charge >= 0.3 is 0 Å². The fourth-order valence-electron chi connectivity index (χ4n) is 3.19. The predicted molar refractivity (Wildman–Crippen MR) is 127 cm³/mol. The van der Waals surface area contributed by atoms with E-state index < -0.39 is 0 Å². The first kappa shape index (κ1) is 21.3. The fourth-order valence-corrected chi connectivity index (χ4v) is 4.94. The molecule has 0 aliphatic rings. The topological polar surface area (TPSA) is 59.8 Å². The molecular formula is C24H24N4OS2. The van der Waals surface area contributed by atoms with Crippen molar-refractivity contribution in [3.8, 4) is 5.69 Å². The van der Waals surface area contributed by atoms with Crippen molar-refractivity contribution >= 4 is 29.0 Å². The molecule has 0 aliphatic heterocycles. The third-order valence-corrected chi connectivity index (χ3v) is 6.82. The van der Waals surface area contributed by atoms with Crippen LogP contribution in [0.1, 0.15) is 27.4 Å². The molecule has 0 fully saturated rings. The first-order chi connectivity index (χ1) is 15.1. The monoisotopic (exact) mass is 448 g/mol. The Morgan fingerprint density at radius 2 is 1.84 bits per heavy atom. The van der Waals surface area contributed by atoms with Gasteiger partial charge in [-0.3, -0.25) is 9.36 Å². The number of hydrogen-bond donors (Lipinski definition) is 1. The summed E-state index contributed by atoms with van der Waals surface area (Å²) in [5, 5.41) is 14.6. The van der Waals surface area contributed by atoms with Gasteiger partial charge in [0.15, 0.2) is 11.0 Å². The van der Waals surface area contributed by atoms with Crippen molar-refractivity contribution < 1.29 is 4.79 Å². The van der Waals surface area contributed by atoms with Gasteiger partial charge in [-0.2, -0.15) is 0 Å². The molecule has 0 atom stereocenters. The second-order valence-electron chi connectivity index (χ2n) is 7.32. The van der Waals surface area contributed by atoms with Gasteiger partial charge in [0.2, 0.25) is 5.91 Å². The summed E-state index contributed by atoms with van der Waals surface area (Å²) < 4.78 is 2.04. The number of amides is 1. The molecule has 0 aliphatic carbocycles. The Morgan fingerprint density at radius 3 is 2.58 bits per heavy atom. The van der Waals surface area contributed by atoms with Crippen LogP contribution >= 0.6 is 23.1 Å². The Kier molecular flexibility index (Phi) is 6.84. The number of nitrogens with zero attached hydrogens (tertiary/aromatic N) is 3. The lowest BCUT2D eigenvalue weighted by Gasteiger charge is -2.12. The summed E-state index contributed by atoms with van der Waals surface area (Å²) in [4.78, 5) is 13.4.